The summed E-state index contributed by atoms with van der Waals surface area (Å²) in [6.07, 6.45) is -9.69. The molecule has 3 N–H and O–H groups in total. The molecule has 0 aliphatic heterocycles. The zero-order chi connectivity index (χ0) is 26.4. The average molecular weight is 502 g/mol. The molecule has 0 saturated heterocycles. The lowest BCUT2D eigenvalue weighted by Gasteiger charge is -2.30. The second-order valence-electron chi connectivity index (χ2n) is 8.46. The molecule has 2 atom stereocenters. The fourth-order valence-corrected chi connectivity index (χ4v) is 3.65. The van der Waals surface area contributed by atoms with Crippen LogP contribution in [0.1, 0.15) is 50.2 Å². The van der Waals surface area contributed by atoms with Crippen LogP contribution in [0.15, 0.2) is 54.1 Å². The number of aryl methyl sites for hydroxylation is 1. The molecule has 1 aromatic rings. The average Bonchev–Trinajstić information content (AvgIpc) is 2.75. The van der Waals surface area contributed by atoms with Crippen molar-refractivity contribution in [1.82, 2.24) is 0 Å². The van der Waals surface area contributed by atoms with E-state index in [0.29, 0.717) is 24.8 Å². The molecule has 0 spiro atoms. The molecule has 192 valence electrons. The van der Waals surface area contributed by atoms with E-state index in [-0.39, 0.29) is 12.8 Å². The highest BCUT2D eigenvalue weighted by atomic mass is 19.4. The Morgan fingerprint density at radius 2 is 1.77 bits per heavy atom. The number of halogens is 6. The van der Waals surface area contributed by atoms with Gasteiger partial charge in [-0.3, -0.25) is 0 Å². The van der Waals surface area contributed by atoms with E-state index in [4.69, 9.17) is 5.11 Å². The molecule has 1 fully saturated rings. The zero-order valence-corrected chi connectivity index (χ0v) is 19.2. The Hall–Kier alpha value is -2.54. The summed E-state index contributed by atoms with van der Waals surface area (Å²) in [5, 5.41) is 29.0. The number of alkyl halides is 6. The van der Waals surface area contributed by atoms with Crippen LogP contribution in [0.5, 0.6) is 0 Å². The van der Waals surface area contributed by atoms with Crippen LogP contribution in [0.4, 0.5) is 26.3 Å². The molecular formula is C26H28F6O3. The van der Waals surface area contributed by atoms with Crippen LogP contribution in [0.2, 0.25) is 0 Å². The van der Waals surface area contributed by atoms with Gasteiger partial charge in [0.25, 0.3) is 5.60 Å². The second kappa shape index (κ2) is 11.5. The monoisotopic (exact) mass is 502 g/mol. The van der Waals surface area contributed by atoms with Crippen molar-refractivity contribution in [3.05, 3.63) is 65.3 Å². The van der Waals surface area contributed by atoms with Crippen molar-refractivity contribution >= 4 is 5.57 Å². The summed E-state index contributed by atoms with van der Waals surface area (Å²) in [5.74, 6) is 4.10. The quantitative estimate of drug-likeness (QED) is 0.348. The number of aliphatic hydroxyl groups excluding tert-OH is 2. The first-order valence-corrected chi connectivity index (χ1v) is 11.1. The van der Waals surface area contributed by atoms with E-state index < -0.39 is 36.6 Å². The maximum Gasteiger partial charge on any atom is 0.427 e. The van der Waals surface area contributed by atoms with E-state index in [2.05, 4.69) is 12.5 Å². The topological polar surface area (TPSA) is 60.7 Å². The highest BCUT2D eigenvalue weighted by molar-refractivity contribution is 5.68. The van der Waals surface area contributed by atoms with Crippen molar-refractivity contribution in [3.8, 4) is 11.8 Å². The van der Waals surface area contributed by atoms with Crippen LogP contribution in [0.25, 0.3) is 5.57 Å². The van der Waals surface area contributed by atoms with Gasteiger partial charge in [0, 0.05) is 12.8 Å². The molecule has 35 heavy (non-hydrogen) atoms. The molecular weight excluding hydrogens is 474 g/mol. The van der Waals surface area contributed by atoms with Crippen molar-refractivity contribution in [2.45, 2.75) is 75.6 Å². The molecule has 0 heterocycles. The third-order valence-electron chi connectivity index (χ3n) is 5.88. The fraction of sp³-hybridized carbons (Fsp3) is 0.462. The molecule has 0 aromatic heterocycles. The van der Waals surface area contributed by atoms with Crippen molar-refractivity contribution in [3.63, 3.8) is 0 Å². The Morgan fingerprint density at radius 1 is 1.11 bits per heavy atom. The largest absolute Gasteiger partial charge is 0.427 e. The smallest absolute Gasteiger partial charge is 0.393 e. The van der Waals surface area contributed by atoms with E-state index in [1.807, 2.05) is 37.1 Å². The molecule has 9 heteroatoms. The third-order valence-corrected chi connectivity index (χ3v) is 5.88. The fourth-order valence-electron chi connectivity index (χ4n) is 3.65. The lowest BCUT2D eigenvalue weighted by Crippen LogP contribution is -2.56. The minimum Gasteiger partial charge on any atom is -0.393 e. The van der Waals surface area contributed by atoms with Crippen molar-refractivity contribution < 1.29 is 41.7 Å². The van der Waals surface area contributed by atoms with E-state index in [9.17, 15) is 36.6 Å². The van der Waals surface area contributed by atoms with E-state index >= 15 is 0 Å². The van der Waals surface area contributed by atoms with Crippen LogP contribution >= 0.6 is 0 Å². The summed E-state index contributed by atoms with van der Waals surface area (Å²) < 4.78 is 76.2. The van der Waals surface area contributed by atoms with Gasteiger partial charge >= 0.3 is 12.4 Å². The van der Waals surface area contributed by atoms with Gasteiger partial charge in [-0.25, -0.2) is 0 Å². The Morgan fingerprint density at radius 3 is 2.37 bits per heavy atom. The summed E-state index contributed by atoms with van der Waals surface area (Å²) in [5.41, 5.74) is -0.922. The molecule has 0 radical (unpaired) electrons. The maximum atomic E-state index is 12.7. The Kier molecular flexibility index (Phi) is 9.40. The molecule has 1 aromatic carbocycles. The number of aliphatic hydroxyl groups is 3. The maximum absolute atomic E-state index is 12.7. The summed E-state index contributed by atoms with van der Waals surface area (Å²) in [4.78, 5) is 0. The number of hydrogen-bond acceptors (Lipinski definition) is 3. The second-order valence-corrected chi connectivity index (χ2v) is 8.46. The van der Waals surface area contributed by atoms with Crippen LogP contribution < -0.4 is 0 Å². The normalized spacial score (nSPS) is 21.1. The third kappa shape index (κ3) is 7.23. The predicted octanol–water partition coefficient (Wildman–Crippen LogP) is 5.66. The Labute approximate surface area is 200 Å². The van der Waals surface area contributed by atoms with Crippen molar-refractivity contribution in [1.29, 1.82) is 0 Å². The SMILES string of the molecule is C=C1/C(=C\C=C(/CC)c2cccc(CCC#CCC(O)(C(F)(F)F)C(F)(F)F)c2)C[C@@H](O)C[C@@H]1O. The molecule has 2 rings (SSSR count). The Bertz CT molecular complexity index is 1010. The van der Waals surface area contributed by atoms with Gasteiger partial charge < -0.3 is 15.3 Å². The van der Waals surface area contributed by atoms with Crippen molar-refractivity contribution in [2.75, 3.05) is 0 Å². The molecule has 0 unspecified atom stereocenters. The molecule has 0 amide bonds. The van der Waals surface area contributed by atoms with E-state index in [1.54, 1.807) is 12.1 Å². The highest BCUT2D eigenvalue weighted by Gasteiger charge is 2.69. The lowest BCUT2D eigenvalue weighted by molar-refractivity contribution is -0.365. The lowest BCUT2D eigenvalue weighted by atomic mass is 9.86. The first-order valence-electron chi connectivity index (χ1n) is 11.1. The summed E-state index contributed by atoms with van der Waals surface area (Å²) in [6, 6.07) is 7.29. The van der Waals surface area contributed by atoms with Gasteiger partial charge in [-0.05, 0) is 47.1 Å². The summed E-state index contributed by atoms with van der Waals surface area (Å²) in [6.45, 7) is 5.83. The first kappa shape index (κ1) is 28.7. The van der Waals surface area contributed by atoms with Crippen LogP contribution in [0, 0.1) is 11.8 Å². The van der Waals surface area contributed by atoms with Gasteiger partial charge in [0.15, 0.2) is 0 Å². The van der Waals surface area contributed by atoms with E-state index in [1.165, 1.54) is 0 Å². The van der Waals surface area contributed by atoms with Gasteiger partial charge in [-0.1, -0.05) is 55.8 Å². The van der Waals surface area contributed by atoms with Crippen molar-refractivity contribution in [2.24, 2.45) is 0 Å². The number of benzene rings is 1. The minimum atomic E-state index is -5.88. The molecule has 0 bridgehead atoms. The van der Waals surface area contributed by atoms with Crippen LogP contribution in [-0.2, 0) is 6.42 Å². The predicted molar refractivity (Wildman–Crippen MR) is 121 cm³/mol. The number of hydrogen-bond donors (Lipinski definition) is 3. The highest BCUT2D eigenvalue weighted by Crippen LogP contribution is 2.44. The van der Waals surface area contributed by atoms with Crippen LogP contribution in [0.3, 0.4) is 0 Å². The van der Waals surface area contributed by atoms with Gasteiger partial charge in [-0.2, -0.15) is 26.3 Å². The Balaban J connectivity index is 2.10. The standard InChI is InChI=1S/C26H28F6O3/c1-3-19(11-12-20-15-22(33)16-23(34)17(20)2)21-10-7-9-18(14-21)8-5-4-6-13-24(35,25(27,28)29)26(30,31)32/h7,9-12,14,22-23,33-35H,2-3,5,8,13,15-16H2,1H3/b19-11+,20-12-/t22-,23+/m1/s1. The molecule has 3 nitrogen and oxygen atoms in total. The number of rotatable bonds is 6. The molecule has 1 aliphatic carbocycles. The molecule has 1 aliphatic rings. The van der Waals surface area contributed by atoms with Gasteiger partial charge in [0.2, 0.25) is 0 Å². The minimum absolute atomic E-state index is 0.0140. The summed E-state index contributed by atoms with van der Waals surface area (Å²) in [7, 11) is 0. The van der Waals surface area contributed by atoms with E-state index in [0.717, 1.165) is 22.3 Å². The zero-order valence-electron chi connectivity index (χ0n) is 19.2. The van der Waals surface area contributed by atoms with Gasteiger partial charge in [0.05, 0.1) is 18.6 Å². The van der Waals surface area contributed by atoms with Gasteiger partial charge in [0.1, 0.15) is 0 Å². The molecule has 1 saturated carbocycles. The van der Waals surface area contributed by atoms with Gasteiger partial charge in [-0.15, -0.1) is 5.92 Å². The number of allylic oxidation sites excluding steroid dienone is 3. The first-order chi connectivity index (χ1) is 16.2. The summed E-state index contributed by atoms with van der Waals surface area (Å²) >= 11 is 0. The van der Waals surface area contributed by atoms with Crippen LogP contribution in [-0.4, -0.2) is 45.5 Å².